The van der Waals surface area contributed by atoms with Gasteiger partial charge in [0.05, 0.1) is 12.6 Å². The van der Waals surface area contributed by atoms with E-state index in [1.165, 1.54) is 32.1 Å². The van der Waals surface area contributed by atoms with Crippen molar-refractivity contribution in [1.82, 2.24) is 9.97 Å². The van der Waals surface area contributed by atoms with E-state index in [9.17, 15) is 0 Å². The molecule has 1 aliphatic carbocycles. The van der Waals surface area contributed by atoms with Gasteiger partial charge in [-0.05, 0) is 25.0 Å². The van der Waals surface area contributed by atoms with Crippen molar-refractivity contribution < 1.29 is 4.74 Å². The van der Waals surface area contributed by atoms with Gasteiger partial charge in [-0.2, -0.15) is 0 Å². The fourth-order valence-corrected chi connectivity index (χ4v) is 3.87. The Labute approximate surface area is 117 Å². The molecule has 4 heteroatoms. The monoisotopic (exact) mass is 274 g/mol. The third-order valence-electron chi connectivity index (χ3n) is 3.64. The molecule has 1 aromatic heterocycles. The Balaban J connectivity index is 1.90. The van der Waals surface area contributed by atoms with Crippen molar-refractivity contribution in [3.05, 3.63) is 24.5 Å². The highest BCUT2D eigenvalue weighted by atomic mass is 32.2. The van der Waals surface area contributed by atoms with E-state index >= 15 is 0 Å². The predicted molar refractivity (Wildman–Crippen MR) is 78.8 cm³/mol. The summed E-state index contributed by atoms with van der Waals surface area (Å²) < 4.78 is 5.24. The molecule has 3 nitrogen and oxygen atoms in total. The summed E-state index contributed by atoms with van der Waals surface area (Å²) in [5.74, 6) is 0.847. The van der Waals surface area contributed by atoms with Gasteiger partial charge in [0.25, 0.3) is 0 Å². The second-order valence-electron chi connectivity index (χ2n) is 4.94. The van der Waals surface area contributed by atoms with E-state index in [0.717, 1.165) is 21.7 Å². The SMILES string of the molecule is COc1ccc2c(SC3CCCCC3)ncnc2c1. The Bertz CT molecular complexity index is 567. The van der Waals surface area contributed by atoms with Crippen LogP contribution in [0.25, 0.3) is 10.9 Å². The first kappa shape index (κ1) is 12.7. The molecule has 3 rings (SSSR count). The summed E-state index contributed by atoms with van der Waals surface area (Å²) in [5.41, 5.74) is 0.965. The Morgan fingerprint density at radius 2 is 2.00 bits per heavy atom. The van der Waals surface area contributed by atoms with Gasteiger partial charge in [0.2, 0.25) is 0 Å². The molecule has 1 fully saturated rings. The van der Waals surface area contributed by atoms with E-state index in [1.807, 2.05) is 23.9 Å². The van der Waals surface area contributed by atoms with Gasteiger partial charge in [-0.1, -0.05) is 19.3 Å². The molecule has 0 N–H and O–H groups in total. The van der Waals surface area contributed by atoms with Gasteiger partial charge in [-0.15, -0.1) is 11.8 Å². The highest BCUT2D eigenvalue weighted by molar-refractivity contribution is 8.00. The fourth-order valence-electron chi connectivity index (χ4n) is 2.57. The highest BCUT2D eigenvalue weighted by Crippen LogP contribution is 2.35. The minimum absolute atomic E-state index is 0.717. The van der Waals surface area contributed by atoms with Crippen molar-refractivity contribution >= 4 is 22.7 Å². The van der Waals surface area contributed by atoms with E-state index < -0.39 is 0 Å². The summed E-state index contributed by atoms with van der Waals surface area (Å²) in [5, 5.41) is 2.97. The van der Waals surface area contributed by atoms with Crippen molar-refractivity contribution in [3.8, 4) is 5.75 Å². The van der Waals surface area contributed by atoms with Crippen molar-refractivity contribution in [1.29, 1.82) is 0 Å². The van der Waals surface area contributed by atoms with Gasteiger partial charge in [-0.3, -0.25) is 0 Å². The molecule has 1 aliphatic rings. The van der Waals surface area contributed by atoms with Gasteiger partial charge in [0, 0.05) is 16.7 Å². The van der Waals surface area contributed by atoms with Crippen LogP contribution in [0.3, 0.4) is 0 Å². The normalized spacial score (nSPS) is 16.7. The number of benzene rings is 1. The molecule has 1 aromatic carbocycles. The highest BCUT2D eigenvalue weighted by Gasteiger charge is 2.16. The van der Waals surface area contributed by atoms with Crippen LogP contribution in [0, 0.1) is 0 Å². The van der Waals surface area contributed by atoms with Gasteiger partial charge >= 0.3 is 0 Å². The summed E-state index contributed by atoms with van der Waals surface area (Å²) in [6, 6.07) is 6.03. The summed E-state index contributed by atoms with van der Waals surface area (Å²) >= 11 is 1.92. The van der Waals surface area contributed by atoms with Crippen LogP contribution in [-0.2, 0) is 0 Å². The maximum Gasteiger partial charge on any atom is 0.121 e. The number of ether oxygens (including phenoxy) is 1. The van der Waals surface area contributed by atoms with Crippen LogP contribution in [0.1, 0.15) is 32.1 Å². The largest absolute Gasteiger partial charge is 0.497 e. The Hall–Kier alpha value is -1.29. The lowest BCUT2D eigenvalue weighted by molar-refractivity contribution is 0.415. The number of fused-ring (bicyclic) bond motifs is 1. The predicted octanol–water partition coefficient (Wildman–Crippen LogP) is 4.06. The molecule has 100 valence electrons. The third-order valence-corrected chi connectivity index (χ3v) is 4.99. The fraction of sp³-hybridized carbons (Fsp3) is 0.467. The molecule has 0 saturated heterocycles. The first-order valence-corrected chi connectivity index (χ1v) is 7.70. The van der Waals surface area contributed by atoms with Gasteiger partial charge < -0.3 is 4.74 Å². The summed E-state index contributed by atoms with van der Waals surface area (Å²) in [6.45, 7) is 0. The number of hydrogen-bond donors (Lipinski definition) is 0. The topological polar surface area (TPSA) is 35.0 Å². The number of nitrogens with zero attached hydrogens (tertiary/aromatic N) is 2. The van der Waals surface area contributed by atoms with Gasteiger partial charge in [0.15, 0.2) is 0 Å². The Kier molecular flexibility index (Phi) is 3.87. The molecule has 0 atom stereocenters. The van der Waals surface area contributed by atoms with Crippen molar-refractivity contribution in [2.75, 3.05) is 7.11 Å². The maximum absolute atomic E-state index is 5.24. The summed E-state index contributed by atoms with van der Waals surface area (Å²) in [7, 11) is 1.68. The zero-order valence-electron chi connectivity index (χ0n) is 11.1. The number of rotatable bonds is 3. The number of thioether (sulfide) groups is 1. The molecule has 1 saturated carbocycles. The molecule has 0 amide bonds. The molecule has 0 bridgehead atoms. The van der Waals surface area contributed by atoms with Crippen molar-refractivity contribution in [2.24, 2.45) is 0 Å². The van der Waals surface area contributed by atoms with Crippen LogP contribution in [0.2, 0.25) is 0 Å². The molecule has 0 spiro atoms. The second kappa shape index (κ2) is 5.78. The Morgan fingerprint density at radius 3 is 2.79 bits per heavy atom. The minimum atomic E-state index is 0.717. The van der Waals surface area contributed by atoms with Crippen LogP contribution >= 0.6 is 11.8 Å². The van der Waals surface area contributed by atoms with Crippen LogP contribution in [0.15, 0.2) is 29.6 Å². The zero-order chi connectivity index (χ0) is 13.1. The second-order valence-corrected chi connectivity index (χ2v) is 6.23. The quantitative estimate of drug-likeness (QED) is 0.790. The molecule has 19 heavy (non-hydrogen) atoms. The van der Waals surface area contributed by atoms with E-state index in [4.69, 9.17) is 4.74 Å². The number of hydrogen-bond acceptors (Lipinski definition) is 4. The van der Waals surface area contributed by atoms with E-state index in [-0.39, 0.29) is 0 Å². The van der Waals surface area contributed by atoms with E-state index in [0.29, 0.717) is 5.25 Å². The summed E-state index contributed by atoms with van der Waals surface area (Å²) in [6.07, 6.45) is 8.38. The Morgan fingerprint density at radius 1 is 1.16 bits per heavy atom. The first-order chi connectivity index (χ1) is 9.36. The molecule has 2 aromatic rings. The lowest BCUT2D eigenvalue weighted by atomic mass is 10.0. The summed E-state index contributed by atoms with van der Waals surface area (Å²) in [4.78, 5) is 8.81. The molecule has 0 unspecified atom stereocenters. The van der Waals surface area contributed by atoms with Gasteiger partial charge in [0.1, 0.15) is 17.1 Å². The molecular weight excluding hydrogens is 256 g/mol. The minimum Gasteiger partial charge on any atom is -0.497 e. The van der Waals surface area contributed by atoms with Crippen LogP contribution in [0.5, 0.6) is 5.75 Å². The standard InChI is InChI=1S/C15H18N2OS/c1-18-11-7-8-13-14(9-11)16-10-17-15(13)19-12-5-3-2-4-6-12/h7-10,12H,2-6H2,1H3. The zero-order valence-corrected chi connectivity index (χ0v) is 11.9. The van der Waals surface area contributed by atoms with Crippen molar-refractivity contribution in [2.45, 2.75) is 42.4 Å². The smallest absolute Gasteiger partial charge is 0.121 e. The van der Waals surface area contributed by atoms with E-state index in [1.54, 1.807) is 13.4 Å². The maximum atomic E-state index is 5.24. The molecule has 1 heterocycles. The molecular formula is C15H18N2OS. The number of aromatic nitrogens is 2. The molecule has 0 aliphatic heterocycles. The van der Waals surface area contributed by atoms with Crippen molar-refractivity contribution in [3.63, 3.8) is 0 Å². The van der Waals surface area contributed by atoms with Crippen LogP contribution in [-0.4, -0.2) is 22.3 Å². The average Bonchev–Trinajstić information content (AvgIpc) is 2.48. The number of methoxy groups -OCH3 is 1. The van der Waals surface area contributed by atoms with Crippen LogP contribution in [0.4, 0.5) is 0 Å². The third kappa shape index (κ3) is 2.84. The first-order valence-electron chi connectivity index (χ1n) is 6.82. The lowest BCUT2D eigenvalue weighted by Crippen LogP contribution is -2.08. The van der Waals surface area contributed by atoms with Gasteiger partial charge in [-0.25, -0.2) is 9.97 Å². The average molecular weight is 274 g/mol. The van der Waals surface area contributed by atoms with E-state index in [2.05, 4.69) is 16.0 Å². The van der Waals surface area contributed by atoms with Crippen LogP contribution < -0.4 is 4.74 Å². The molecule has 0 radical (unpaired) electrons. The lowest BCUT2D eigenvalue weighted by Gasteiger charge is -2.20.